The first-order chi connectivity index (χ1) is 15.1. The molecule has 0 spiro atoms. The fourth-order valence-corrected chi connectivity index (χ4v) is 4.92. The summed E-state index contributed by atoms with van der Waals surface area (Å²) < 4.78 is 19.7. The van der Waals surface area contributed by atoms with Crippen molar-refractivity contribution in [3.63, 3.8) is 0 Å². The fourth-order valence-electron chi connectivity index (χ4n) is 4.92. The minimum atomic E-state index is -0.234. The second-order valence-corrected chi connectivity index (χ2v) is 8.46. The zero-order chi connectivity index (χ0) is 21.4. The maximum atomic E-state index is 13.9. The highest BCUT2D eigenvalue weighted by Crippen LogP contribution is 2.32. The minimum Gasteiger partial charge on any atom is -0.381 e. The van der Waals surface area contributed by atoms with Crippen LogP contribution in [-0.4, -0.2) is 41.1 Å². The van der Waals surface area contributed by atoms with E-state index in [1.54, 1.807) is 25.4 Å². The molecule has 0 aliphatic carbocycles. The largest absolute Gasteiger partial charge is 0.381 e. The molecular formula is C25H26FN3O2. The van der Waals surface area contributed by atoms with Gasteiger partial charge in [-0.2, -0.15) is 0 Å². The maximum Gasteiger partial charge on any atom is 0.256 e. The van der Waals surface area contributed by atoms with Crippen molar-refractivity contribution in [2.75, 3.05) is 18.5 Å². The lowest BCUT2D eigenvalue weighted by Gasteiger charge is -2.45. The summed E-state index contributed by atoms with van der Waals surface area (Å²) in [4.78, 5) is 20.1. The van der Waals surface area contributed by atoms with E-state index in [1.165, 1.54) is 6.07 Å². The van der Waals surface area contributed by atoms with Gasteiger partial charge >= 0.3 is 0 Å². The van der Waals surface area contributed by atoms with Gasteiger partial charge in [0.15, 0.2) is 0 Å². The molecule has 160 valence electrons. The van der Waals surface area contributed by atoms with Crippen molar-refractivity contribution in [3.05, 3.63) is 71.3 Å². The molecule has 5 nitrogen and oxygen atoms in total. The summed E-state index contributed by atoms with van der Waals surface area (Å²) >= 11 is 0. The van der Waals surface area contributed by atoms with Crippen LogP contribution in [0.1, 0.15) is 40.7 Å². The molecule has 31 heavy (non-hydrogen) atoms. The van der Waals surface area contributed by atoms with Crippen LogP contribution in [0.4, 0.5) is 10.1 Å². The van der Waals surface area contributed by atoms with Crippen molar-refractivity contribution in [2.45, 2.75) is 44.8 Å². The predicted molar refractivity (Wildman–Crippen MR) is 119 cm³/mol. The molecule has 2 aliphatic rings. The normalized spacial score (nSPS) is 20.6. The van der Waals surface area contributed by atoms with Crippen molar-refractivity contribution in [3.8, 4) is 0 Å². The molecule has 1 amide bonds. The molecule has 0 saturated carbocycles. The van der Waals surface area contributed by atoms with E-state index in [9.17, 15) is 9.18 Å². The number of morpholine rings is 1. The number of hydrogen-bond acceptors (Lipinski definition) is 4. The first-order valence-corrected chi connectivity index (χ1v) is 10.9. The van der Waals surface area contributed by atoms with Crippen LogP contribution in [0.15, 0.2) is 48.8 Å². The topological polar surface area (TPSA) is 54.5 Å². The molecule has 6 heteroatoms. The van der Waals surface area contributed by atoms with Crippen molar-refractivity contribution in [1.29, 1.82) is 0 Å². The Morgan fingerprint density at radius 3 is 2.74 bits per heavy atom. The molecule has 2 bridgehead atoms. The lowest BCUT2D eigenvalue weighted by molar-refractivity contribution is -0.0565. The summed E-state index contributed by atoms with van der Waals surface area (Å²) in [5, 5.41) is 5.18. The van der Waals surface area contributed by atoms with E-state index in [2.05, 4.69) is 10.3 Å². The zero-order valence-electron chi connectivity index (χ0n) is 17.6. The van der Waals surface area contributed by atoms with Crippen molar-refractivity contribution in [2.24, 2.45) is 0 Å². The standard InChI is InChI=1S/C25H26FN3O2/c1-16-22(26)9-4-10-23(16)28-12-18-6-2-5-17-11-27-13-21(24(17)18)25(30)29-19-7-3-8-20(29)15-31-14-19/h2,4-6,9-11,13,19-20,28H,3,7-8,12,14-15H2,1H3. The van der Waals surface area contributed by atoms with Crippen LogP contribution in [-0.2, 0) is 11.3 Å². The van der Waals surface area contributed by atoms with Crippen LogP contribution in [0.2, 0.25) is 0 Å². The van der Waals surface area contributed by atoms with Crippen LogP contribution >= 0.6 is 0 Å². The van der Waals surface area contributed by atoms with Gasteiger partial charge in [0.25, 0.3) is 5.91 Å². The van der Waals surface area contributed by atoms with E-state index in [4.69, 9.17) is 4.74 Å². The number of aromatic nitrogens is 1. The quantitative estimate of drug-likeness (QED) is 0.667. The molecule has 2 aliphatic heterocycles. The predicted octanol–water partition coefficient (Wildman–Crippen LogP) is 4.69. The number of nitrogens with one attached hydrogen (secondary N) is 1. The van der Waals surface area contributed by atoms with Gasteiger partial charge in [-0.3, -0.25) is 9.78 Å². The first-order valence-electron chi connectivity index (χ1n) is 10.9. The van der Waals surface area contributed by atoms with Crippen molar-refractivity contribution in [1.82, 2.24) is 9.88 Å². The van der Waals surface area contributed by atoms with Gasteiger partial charge < -0.3 is 15.0 Å². The van der Waals surface area contributed by atoms with Gasteiger partial charge in [0.1, 0.15) is 5.82 Å². The number of carbonyl (C=O) groups is 1. The highest BCUT2D eigenvalue weighted by molar-refractivity contribution is 6.08. The zero-order valence-corrected chi connectivity index (χ0v) is 17.6. The van der Waals surface area contributed by atoms with E-state index < -0.39 is 0 Å². The van der Waals surface area contributed by atoms with Crippen LogP contribution in [0.25, 0.3) is 10.8 Å². The first kappa shape index (κ1) is 19.9. The number of benzene rings is 2. The van der Waals surface area contributed by atoms with E-state index >= 15 is 0 Å². The van der Waals surface area contributed by atoms with Crippen molar-refractivity contribution >= 4 is 22.4 Å². The molecule has 2 atom stereocenters. The summed E-state index contributed by atoms with van der Waals surface area (Å²) in [5.41, 5.74) is 2.96. The molecule has 3 aromatic rings. The smallest absolute Gasteiger partial charge is 0.256 e. The molecule has 5 rings (SSSR count). The van der Waals surface area contributed by atoms with Gasteiger partial charge in [-0.1, -0.05) is 24.3 Å². The summed E-state index contributed by atoms with van der Waals surface area (Å²) in [6, 6.07) is 11.3. The van der Waals surface area contributed by atoms with E-state index in [1.807, 2.05) is 29.2 Å². The van der Waals surface area contributed by atoms with E-state index in [-0.39, 0.29) is 23.8 Å². The van der Waals surface area contributed by atoms with Gasteiger partial charge in [-0.25, -0.2) is 4.39 Å². The Kier molecular flexibility index (Phi) is 5.32. The maximum absolute atomic E-state index is 13.9. The molecule has 3 heterocycles. The molecule has 2 aromatic carbocycles. The molecule has 0 radical (unpaired) electrons. The number of anilines is 1. The van der Waals surface area contributed by atoms with E-state index in [0.29, 0.717) is 30.9 Å². The number of rotatable bonds is 4. The number of halogens is 1. The Bertz CT molecular complexity index is 1110. The Balaban J connectivity index is 1.51. The number of fused-ring (bicyclic) bond motifs is 3. The number of hydrogen-bond donors (Lipinski definition) is 1. The number of nitrogens with zero attached hydrogens (tertiary/aromatic N) is 2. The Labute approximate surface area is 181 Å². The monoisotopic (exact) mass is 419 g/mol. The summed E-state index contributed by atoms with van der Waals surface area (Å²) in [6.45, 7) is 3.46. The number of carbonyl (C=O) groups excluding carboxylic acids is 1. The molecular weight excluding hydrogens is 393 g/mol. The van der Waals surface area contributed by atoms with E-state index in [0.717, 1.165) is 41.3 Å². The van der Waals surface area contributed by atoms with Gasteiger partial charge in [0.05, 0.1) is 30.9 Å². The second kappa shape index (κ2) is 8.27. The third-order valence-corrected chi connectivity index (χ3v) is 6.55. The molecule has 2 fully saturated rings. The van der Waals surface area contributed by atoms with Gasteiger partial charge in [0, 0.05) is 41.0 Å². The minimum absolute atomic E-state index is 0.0329. The second-order valence-electron chi connectivity index (χ2n) is 8.46. The third-order valence-electron chi connectivity index (χ3n) is 6.55. The average molecular weight is 420 g/mol. The molecule has 2 unspecified atom stereocenters. The summed E-state index contributed by atoms with van der Waals surface area (Å²) in [5.74, 6) is -0.202. The Hall–Kier alpha value is -2.99. The lowest BCUT2D eigenvalue weighted by atomic mass is 9.92. The van der Waals surface area contributed by atoms with Crippen LogP contribution < -0.4 is 5.32 Å². The summed E-state index contributed by atoms with van der Waals surface area (Å²) in [7, 11) is 0. The van der Waals surface area contributed by atoms with Crippen LogP contribution in [0.5, 0.6) is 0 Å². The number of amides is 1. The average Bonchev–Trinajstić information content (AvgIpc) is 2.78. The SMILES string of the molecule is Cc1c(F)cccc1NCc1cccc2cncc(C(=O)N3C4CCCC3COC4)c12. The van der Waals surface area contributed by atoms with Gasteiger partial charge in [-0.05, 0) is 43.9 Å². The molecule has 2 saturated heterocycles. The molecule has 1 aromatic heterocycles. The Morgan fingerprint density at radius 2 is 1.94 bits per heavy atom. The van der Waals surface area contributed by atoms with Crippen molar-refractivity contribution < 1.29 is 13.9 Å². The lowest BCUT2D eigenvalue weighted by Crippen LogP contribution is -2.57. The number of piperidine rings is 1. The fraction of sp³-hybridized carbons (Fsp3) is 0.360. The Morgan fingerprint density at radius 1 is 1.16 bits per heavy atom. The van der Waals surface area contributed by atoms with Crippen LogP contribution in [0, 0.1) is 12.7 Å². The number of ether oxygens (including phenoxy) is 1. The van der Waals surface area contributed by atoms with Gasteiger partial charge in [-0.15, -0.1) is 0 Å². The highest BCUT2D eigenvalue weighted by atomic mass is 19.1. The highest BCUT2D eigenvalue weighted by Gasteiger charge is 2.38. The summed E-state index contributed by atoms with van der Waals surface area (Å²) in [6.07, 6.45) is 6.58. The number of pyridine rings is 1. The van der Waals surface area contributed by atoms with Crippen LogP contribution in [0.3, 0.4) is 0 Å². The third kappa shape index (κ3) is 3.65. The molecule has 1 N–H and O–H groups in total. The van der Waals surface area contributed by atoms with Gasteiger partial charge in [0.2, 0.25) is 0 Å².